The number of hydrogen-bond donors (Lipinski definition) is 0. The van der Waals surface area contributed by atoms with Gasteiger partial charge < -0.3 is 9.47 Å². The Morgan fingerprint density at radius 2 is 1.36 bits per heavy atom. The van der Waals surface area contributed by atoms with Crippen LogP contribution in [-0.2, 0) is 4.74 Å². The van der Waals surface area contributed by atoms with Crippen LogP contribution in [-0.4, -0.2) is 18.5 Å². The van der Waals surface area contributed by atoms with Crippen LogP contribution in [0.4, 0.5) is 0 Å². The van der Waals surface area contributed by atoms with Gasteiger partial charge in [-0.1, -0.05) is 45.1 Å². The Kier molecular flexibility index (Phi) is 8.73. The van der Waals surface area contributed by atoms with Crippen molar-refractivity contribution in [3.8, 4) is 5.75 Å². The van der Waals surface area contributed by atoms with Gasteiger partial charge in [0.05, 0.1) is 17.7 Å². The zero-order valence-corrected chi connectivity index (χ0v) is 17.1. The molecule has 0 aliphatic carbocycles. The molecule has 2 rings (SSSR count). The Balaban J connectivity index is 1.80. The van der Waals surface area contributed by atoms with Crippen LogP contribution in [0.1, 0.15) is 77.3 Å². The van der Waals surface area contributed by atoms with Crippen molar-refractivity contribution in [1.82, 2.24) is 0 Å². The number of hydrogen-bond acceptors (Lipinski definition) is 4. The number of rotatable bonds is 10. The summed E-state index contributed by atoms with van der Waals surface area (Å²) in [6.07, 6.45) is 6.88. The average molecular weight is 383 g/mol. The number of esters is 2. The van der Waals surface area contributed by atoms with Crippen molar-refractivity contribution in [2.75, 3.05) is 6.61 Å². The molecule has 0 heterocycles. The molecule has 0 unspecified atom stereocenters. The summed E-state index contributed by atoms with van der Waals surface area (Å²) < 4.78 is 10.7. The van der Waals surface area contributed by atoms with Gasteiger partial charge in [0, 0.05) is 0 Å². The summed E-state index contributed by atoms with van der Waals surface area (Å²) in [6, 6.07) is 11.9. The smallest absolute Gasteiger partial charge is 0.343 e. The Bertz CT molecular complexity index is 778. The molecular weight excluding hydrogens is 352 g/mol. The lowest BCUT2D eigenvalue weighted by atomic mass is 10.1. The van der Waals surface area contributed by atoms with Crippen molar-refractivity contribution in [2.24, 2.45) is 0 Å². The SMILES string of the molecule is CCCCCCCCOC(=O)c1ccc(C(=O)Oc2ccc(C)c(C)c2)cc1. The van der Waals surface area contributed by atoms with Gasteiger partial charge in [-0.15, -0.1) is 0 Å². The second kappa shape index (κ2) is 11.3. The van der Waals surface area contributed by atoms with E-state index in [-0.39, 0.29) is 5.97 Å². The van der Waals surface area contributed by atoms with E-state index in [4.69, 9.17) is 9.47 Å². The van der Waals surface area contributed by atoms with Crippen LogP contribution < -0.4 is 4.74 Å². The average Bonchev–Trinajstić information content (AvgIpc) is 2.70. The van der Waals surface area contributed by atoms with E-state index in [0.29, 0.717) is 23.5 Å². The molecule has 0 aliphatic heterocycles. The number of carbonyl (C=O) groups excluding carboxylic acids is 2. The van der Waals surface area contributed by atoms with Crippen LogP contribution >= 0.6 is 0 Å². The van der Waals surface area contributed by atoms with Crippen LogP contribution in [0.15, 0.2) is 42.5 Å². The van der Waals surface area contributed by atoms with E-state index in [1.807, 2.05) is 26.0 Å². The zero-order valence-electron chi connectivity index (χ0n) is 17.1. The quantitative estimate of drug-likeness (QED) is 0.285. The molecule has 0 fully saturated rings. The summed E-state index contributed by atoms with van der Waals surface area (Å²) in [4.78, 5) is 24.4. The molecule has 150 valence electrons. The van der Waals surface area contributed by atoms with E-state index in [0.717, 1.165) is 24.0 Å². The number of aryl methyl sites for hydroxylation is 2. The summed E-state index contributed by atoms with van der Waals surface area (Å²) in [5.41, 5.74) is 3.04. The van der Waals surface area contributed by atoms with E-state index in [2.05, 4.69) is 6.92 Å². The van der Waals surface area contributed by atoms with E-state index in [9.17, 15) is 9.59 Å². The summed E-state index contributed by atoms with van der Waals surface area (Å²) in [7, 11) is 0. The fourth-order valence-electron chi connectivity index (χ4n) is 2.82. The lowest BCUT2D eigenvalue weighted by molar-refractivity contribution is 0.0497. The minimum absolute atomic E-state index is 0.359. The predicted molar refractivity (Wildman–Crippen MR) is 111 cm³/mol. The first-order valence-corrected chi connectivity index (χ1v) is 10.1. The molecule has 0 bridgehead atoms. The van der Waals surface area contributed by atoms with Crippen molar-refractivity contribution >= 4 is 11.9 Å². The minimum atomic E-state index is -0.449. The normalized spacial score (nSPS) is 10.5. The molecule has 0 saturated carbocycles. The van der Waals surface area contributed by atoms with Gasteiger partial charge in [0.25, 0.3) is 0 Å². The van der Waals surface area contributed by atoms with Crippen LogP contribution in [0.2, 0.25) is 0 Å². The molecule has 4 nitrogen and oxygen atoms in total. The van der Waals surface area contributed by atoms with E-state index in [1.165, 1.54) is 25.7 Å². The third-order valence-corrected chi connectivity index (χ3v) is 4.78. The first-order chi connectivity index (χ1) is 13.5. The van der Waals surface area contributed by atoms with Crippen LogP contribution in [0.3, 0.4) is 0 Å². The zero-order chi connectivity index (χ0) is 20.4. The van der Waals surface area contributed by atoms with Gasteiger partial charge in [-0.3, -0.25) is 0 Å². The number of ether oxygens (including phenoxy) is 2. The Hall–Kier alpha value is -2.62. The number of unbranched alkanes of at least 4 members (excludes halogenated alkanes) is 5. The van der Waals surface area contributed by atoms with Gasteiger partial charge in [-0.05, 0) is 67.8 Å². The maximum Gasteiger partial charge on any atom is 0.343 e. The lowest BCUT2D eigenvalue weighted by Gasteiger charge is -2.08. The van der Waals surface area contributed by atoms with Crippen molar-refractivity contribution in [3.63, 3.8) is 0 Å². The summed E-state index contributed by atoms with van der Waals surface area (Å²) in [5.74, 6) is -0.298. The topological polar surface area (TPSA) is 52.6 Å². The van der Waals surface area contributed by atoms with E-state index >= 15 is 0 Å². The van der Waals surface area contributed by atoms with Gasteiger partial charge in [-0.25, -0.2) is 9.59 Å². The third-order valence-electron chi connectivity index (χ3n) is 4.78. The molecule has 0 amide bonds. The Labute approximate surface area is 167 Å². The molecule has 0 spiro atoms. The van der Waals surface area contributed by atoms with Gasteiger partial charge in [0.2, 0.25) is 0 Å². The fourth-order valence-corrected chi connectivity index (χ4v) is 2.82. The third kappa shape index (κ3) is 6.84. The highest BCUT2D eigenvalue weighted by molar-refractivity contribution is 5.94. The van der Waals surface area contributed by atoms with Crippen LogP contribution in [0.25, 0.3) is 0 Å². The maximum atomic E-state index is 12.3. The van der Waals surface area contributed by atoms with Crippen molar-refractivity contribution in [2.45, 2.75) is 59.3 Å². The molecule has 0 radical (unpaired) electrons. The van der Waals surface area contributed by atoms with E-state index in [1.54, 1.807) is 30.3 Å². The Morgan fingerprint density at radius 1 is 0.750 bits per heavy atom. The summed E-state index contributed by atoms with van der Waals surface area (Å²) >= 11 is 0. The van der Waals surface area contributed by atoms with Gasteiger partial charge in [-0.2, -0.15) is 0 Å². The highest BCUT2D eigenvalue weighted by atomic mass is 16.5. The molecule has 0 N–H and O–H groups in total. The monoisotopic (exact) mass is 382 g/mol. The molecule has 0 aromatic heterocycles. The van der Waals surface area contributed by atoms with Crippen molar-refractivity contribution < 1.29 is 19.1 Å². The molecule has 2 aromatic carbocycles. The maximum absolute atomic E-state index is 12.3. The number of benzene rings is 2. The largest absolute Gasteiger partial charge is 0.462 e. The molecule has 0 atom stereocenters. The highest BCUT2D eigenvalue weighted by Crippen LogP contribution is 2.18. The van der Waals surface area contributed by atoms with Crippen molar-refractivity contribution in [1.29, 1.82) is 0 Å². The predicted octanol–water partition coefficient (Wildman–Crippen LogP) is 6.04. The van der Waals surface area contributed by atoms with Gasteiger partial charge in [0.1, 0.15) is 5.75 Å². The standard InChI is InChI=1S/C24H30O4/c1-4-5-6-7-8-9-16-27-23(25)20-11-13-21(14-12-20)24(26)28-22-15-10-18(2)19(3)17-22/h10-15,17H,4-9,16H2,1-3H3. The summed E-state index contributed by atoms with van der Waals surface area (Å²) in [6.45, 7) is 6.60. The van der Waals surface area contributed by atoms with Gasteiger partial charge >= 0.3 is 11.9 Å². The first-order valence-electron chi connectivity index (χ1n) is 10.1. The van der Waals surface area contributed by atoms with Crippen molar-refractivity contribution in [3.05, 3.63) is 64.7 Å². The second-order valence-corrected chi connectivity index (χ2v) is 7.12. The van der Waals surface area contributed by atoms with E-state index < -0.39 is 5.97 Å². The molecule has 4 heteroatoms. The molecule has 2 aromatic rings. The first kappa shape index (κ1) is 21.7. The molecular formula is C24H30O4. The van der Waals surface area contributed by atoms with Crippen LogP contribution in [0.5, 0.6) is 5.75 Å². The summed E-state index contributed by atoms with van der Waals surface area (Å²) in [5, 5.41) is 0. The molecule has 28 heavy (non-hydrogen) atoms. The van der Waals surface area contributed by atoms with Crippen LogP contribution in [0, 0.1) is 13.8 Å². The fraction of sp³-hybridized carbons (Fsp3) is 0.417. The minimum Gasteiger partial charge on any atom is -0.462 e. The number of carbonyl (C=O) groups is 2. The Morgan fingerprint density at radius 3 is 2.00 bits per heavy atom. The molecule has 0 saturated heterocycles. The lowest BCUT2D eigenvalue weighted by Crippen LogP contribution is -2.10. The highest BCUT2D eigenvalue weighted by Gasteiger charge is 2.12. The van der Waals surface area contributed by atoms with Gasteiger partial charge in [0.15, 0.2) is 0 Å². The second-order valence-electron chi connectivity index (χ2n) is 7.12. The molecule has 0 aliphatic rings.